The van der Waals surface area contributed by atoms with E-state index in [1.165, 1.54) is 0 Å². The highest BCUT2D eigenvalue weighted by atomic mass is 79.9. The second-order valence-corrected chi connectivity index (χ2v) is 4.43. The van der Waals surface area contributed by atoms with E-state index in [-0.39, 0.29) is 9.99 Å². The zero-order valence-corrected chi connectivity index (χ0v) is 10.2. The van der Waals surface area contributed by atoms with Crippen LogP contribution in [-0.4, -0.2) is 14.9 Å². The van der Waals surface area contributed by atoms with Crippen molar-refractivity contribution in [2.45, 2.75) is 0 Å². The second kappa shape index (κ2) is 5.04. The second-order valence-electron chi connectivity index (χ2n) is 2.43. The average molecular weight is 316 g/mol. The Kier molecular flexibility index (Phi) is 4.23. The van der Waals surface area contributed by atoms with Crippen LogP contribution in [0.5, 0.6) is 0 Å². The van der Waals surface area contributed by atoms with E-state index in [0.717, 1.165) is 11.5 Å². The predicted molar refractivity (Wildman–Crippen MR) is 62.0 cm³/mol. The summed E-state index contributed by atoms with van der Waals surface area (Å²) < 4.78 is 17.5. The van der Waals surface area contributed by atoms with Gasteiger partial charge in [-0.15, -0.1) is 0 Å². The first-order chi connectivity index (χ1) is 7.11. The highest BCUT2D eigenvalue weighted by Crippen LogP contribution is 2.35. The SMILES string of the molecule is Nc1snc2c(F)c(Br)c(Cl)cc12.OO. The smallest absolute Gasteiger partial charge is 0.166 e. The van der Waals surface area contributed by atoms with Gasteiger partial charge in [-0.25, -0.2) is 4.39 Å². The molecule has 1 aromatic heterocycles. The van der Waals surface area contributed by atoms with Crippen molar-refractivity contribution in [1.82, 2.24) is 4.37 Å². The molecule has 0 bridgehead atoms. The Labute approximate surface area is 101 Å². The molecule has 0 fully saturated rings. The number of fused-ring (bicyclic) bond motifs is 1. The zero-order valence-electron chi connectivity index (χ0n) is 7.04. The highest BCUT2D eigenvalue weighted by molar-refractivity contribution is 9.10. The van der Waals surface area contributed by atoms with Gasteiger partial charge in [0.2, 0.25) is 0 Å². The van der Waals surface area contributed by atoms with Crippen LogP contribution < -0.4 is 5.73 Å². The van der Waals surface area contributed by atoms with Gasteiger partial charge in [-0.1, -0.05) is 11.6 Å². The molecule has 0 spiro atoms. The highest BCUT2D eigenvalue weighted by Gasteiger charge is 2.14. The topological polar surface area (TPSA) is 79.4 Å². The molecule has 2 aromatic rings. The summed E-state index contributed by atoms with van der Waals surface area (Å²) >= 11 is 9.84. The number of rotatable bonds is 0. The summed E-state index contributed by atoms with van der Waals surface area (Å²) in [6.45, 7) is 0. The normalized spacial score (nSPS) is 9.93. The zero-order chi connectivity index (χ0) is 11.6. The summed E-state index contributed by atoms with van der Waals surface area (Å²) in [6.07, 6.45) is 0. The van der Waals surface area contributed by atoms with Crippen molar-refractivity contribution in [3.8, 4) is 0 Å². The van der Waals surface area contributed by atoms with Gasteiger partial charge < -0.3 is 5.73 Å². The quantitative estimate of drug-likeness (QED) is 0.395. The Bertz CT molecular complexity index is 493. The van der Waals surface area contributed by atoms with E-state index in [4.69, 9.17) is 27.8 Å². The van der Waals surface area contributed by atoms with Crippen LogP contribution in [0, 0.1) is 5.82 Å². The number of nitrogens with two attached hydrogens (primary N) is 1. The van der Waals surface area contributed by atoms with Gasteiger partial charge in [-0.3, -0.25) is 10.5 Å². The van der Waals surface area contributed by atoms with Crippen molar-refractivity contribution in [3.63, 3.8) is 0 Å². The molecule has 0 aliphatic rings. The first kappa shape index (κ1) is 12.6. The summed E-state index contributed by atoms with van der Waals surface area (Å²) in [6, 6.07) is 1.60. The van der Waals surface area contributed by atoms with Crippen molar-refractivity contribution < 1.29 is 14.9 Å². The van der Waals surface area contributed by atoms with E-state index < -0.39 is 5.82 Å². The van der Waals surface area contributed by atoms with Crippen LogP contribution in [0.2, 0.25) is 5.02 Å². The van der Waals surface area contributed by atoms with Crippen molar-refractivity contribution in [1.29, 1.82) is 0 Å². The molecule has 0 aliphatic carbocycles. The molecule has 8 heteroatoms. The number of hydrogen-bond acceptors (Lipinski definition) is 5. The summed E-state index contributed by atoms with van der Waals surface area (Å²) in [5.41, 5.74) is 5.84. The molecule has 15 heavy (non-hydrogen) atoms. The lowest BCUT2D eigenvalue weighted by Gasteiger charge is -1.98. The summed E-state index contributed by atoms with van der Waals surface area (Å²) in [7, 11) is 0. The molecule has 4 N–H and O–H groups in total. The number of benzene rings is 1. The van der Waals surface area contributed by atoms with Crippen LogP contribution in [0.25, 0.3) is 10.9 Å². The fourth-order valence-electron chi connectivity index (χ4n) is 1.01. The summed E-state index contributed by atoms with van der Waals surface area (Å²) in [4.78, 5) is 0. The van der Waals surface area contributed by atoms with Gasteiger partial charge in [0, 0.05) is 5.39 Å². The number of anilines is 1. The molecule has 82 valence electrons. The first-order valence-electron chi connectivity index (χ1n) is 3.49. The van der Waals surface area contributed by atoms with Crippen LogP contribution in [0.1, 0.15) is 0 Å². The van der Waals surface area contributed by atoms with Crippen LogP contribution in [0.3, 0.4) is 0 Å². The number of nitrogen functional groups attached to an aromatic ring is 1. The van der Waals surface area contributed by atoms with Crippen LogP contribution in [-0.2, 0) is 0 Å². The third-order valence-electron chi connectivity index (χ3n) is 1.64. The van der Waals surface area contributed by atoms with Crippen molar-refractivity contribution in [2.75, 3.05) is 5.73 Å². The fourth-order valence-corrected chi connectivity index (χ4v) is 2.12. The van der Waals surface area contributed by atoms with Crippen LogP contribution in [0.4, 0.5) is 9.39 Å². The molecule has 0 saturated carbocycles. The van der Waals surface area contributed by atoms with Gasteiger partial charge in [0.15, 0.2) is 5.82 Å². The van der Waals surface area contributed by atoms with E-state index in [0.29, 0.717) is 15.4 Å². The molecular formula is C7H5BrClFN2O2S. The third-order valence-corrected chi connectivity index (χ3v) is 3.63. The lowest BCUT2D eigenvalue weighted by Crippen LogP contribution is -1.84. The summed E-state index contributed by atoms with van der Waals surface area (Å²) in [5, 5.41) is 13.3. The molecule has 0 aliphatic heterocycles. The van der Waals surface area contributed by atoms with E-state index in [1.807, 2.05) is 0 Å². The number of halogens is 3. The molecule has 0 unspecified atom stereocenters. The Hall–Kier alpha value is -0.470. The molecule has 0 radical (unpaired) electrons. The minimum Gasteiger partial charge on any atom is -0.389 e. The van der Waals surface area contributed by atoms with Crippen molar-refractivity contribution in [3.05, 3.63) is 21.4 Å². The molecule has 0 amide bonds. The lowest BCUT2D eigenvalue weighted by molar-refractivity contribution is -0.176. The van der Waals surface area contributed by atoms with Gasteiger partial charge in [-0.05, 0) is 33.5 Å². The van der Waals surface area contributed by atoms with E-state index >= 15 is 0 Å². The Morgan fingerprint density at radius 3 is 2.73 bits per heavy atom. The Morgan fingerprint density at radius 1 is 1.53 bits per heavy atom. The molecular weight excluding hydrogens is 311 g/mol. The number of nitrogens with zero attached hydrogens (tertiary/aromatic N) is 1. The van der Waals surface area contributed by atoms with Gasteiger partial charge in [-0.2, -0.15) is 4.37 Å². The molecule has 4 nitrogen and oxygen atoms in total. The van der Waals surface area contributed by atoms with Crippen molar-refractivity contribution in [2.24, 2.45) is 0 Å². The first-order valence-corrected chi connectivity index (χ1v) is 5.44. The fraction of sp³-hybridized carbons (Fsp3) is 0. The van der Waals surface area contributed by atoms with E-state index in [1.54, 1.807) is 6.07 Å². The summed E-state index contributed by atoms with van der Waals surface area (Å²) in [5.74, 6) is -0.463. The maximum absolute atomic E-state index is 13.4. The van der Waals surface area contributed by atoms with Gasteiger partial charge in [0.1, 0.15) is 10.5 Å². The monoisotopic (exact) mass is 314 g/mol. The van der Waals surface area contributed by atoms with Gasteiger partial charge in [0.25, 0.3) is 0 Å². The van der Waals surface area contributed by atoms with Crippen LogP contribution in [0.15, 0.2) is 10.5 Å². The third kappa shape index (κ3) is 2.21. The lowest BCUT2D eigenvalue weighted by atomic mass is 10.2. The minimum absolute atomic E-state index is 0.229. The largest absolute Gasteiger partial charge is 0.389 e. The van der Waals surface area contributed by atoms with Crippen LogP contribution >= 0.6 is 39.1 Å². The number of hydrogen-bond donors (Lipinski definition) is 3. The molecule has 0 atom stereocenters. The molecule has 1 heterocycles. The molecule has 2 rings (SSSR count). The Balaban J connectivity index is 0.000000531. The average Bonchev–Trinajstić information content (AvgIpc) is 2.61. The van der Waals surface area contributed by atoms with E-state index in [9.17, 15) is 4.39 Å². The minimum atomic E-state index is -0.463. The molecule has 0 saturated heterocycles. The maximum atomic E-state index is 13.4. The van der Waals surface area contributed by atoms with Gasteiger partial charge >= 0.3 is 0 Å². The Morgan fingerprint density at radius 2 is 2.13 bits per heavy atom. The maximum Gasteiger partial charge on any atom is 0.166 e. The van der Waals surface area contributed by atoms with E-state index in [2.05, 4.69) is 20.3 Å². The molecule has 1 aromatic carbocycles. The van der Waals surface area contributed by atoms with Crippen molar-refractivity contribution >= 4 is 55.0 Å². The van der Waals surface area contributed by atoms with Gasteiger partial charge in [0.05, 0.1) is 9.50 Å². The number of aromatic nitrogens is 1. The predicted octanol–water partition coefficient (Wildman–Crippen LogP) is 3.45. The standard InChI is InChI=1S/C7H3BrClFN2S.H2O2/c8-4-3(9)1-2-6(5(4)10)12-13-7(2)11;1-2/h1H,11H2;1-2H.